The molecule has 0 amide bonds. The van der Waals surface area contributed by atoms with E-state index in [0.29, 0.717) is 49.6 Å². The number of nitrogens with zero attached hydrogens (tertiary/aromatic N) is 3. The molecule has 0 bridgehead atoms. The zero-order chi connectivity index (χ0) is 23.9. The molecule has 2 aromatic carbocycles. The first-order valence-electron chi connectivity index (χ1n) is 12.0. The second-order valence-electron chi connectivity index (χ2n) is 8.82. The number of aliphatic hydroxyl groups excluding tert-OH is 1. The van der Waals surface area contributed by atoms with Crippen LogP contribution in [0.5, 0.6) is 17.4 Å². The highest BCUT2D eigenvalue weighted by atomic mass is 16.5. The van der Waals surface area contributed by atoms with E-state index in [2.05, 4.69) is 4.90 Å². The van der Waals surface area contributed by atoms with E-state index in [1.54, 1.807) is 7.11 Å². The van der Waals surface area contributed by atoms with E-state index in [1.807, 2.05) is 73.1 Å². The van der Waals surface area contributed by atoms with Crippen molar-refractivity contribution >= 4 is 0 Å². The van der Waals surface area contributed by atoms with E-state index in [4.69, 9.17) is 19.3 Å². The van der Waals surface area contributed by atoms with Crippen molar-refractivity contribution in [3.05, 3.63) is 65.9 Å². The second-order valence-corrected chi connectivity index (χ2v) is 8.82. The molecule has 4 rings (SSSR count). The van der Waals surface area contributed by atoms with Crippen LogP contribution in [0.4, 0.5) is 0 Å². The maximum atomic E-state index is 10.6. The van der Waals surface area contributed by atoms with E-state index in [9.17, 15) is 5.11 Å². The Morgan fingerprint density at radius 2 is 1.79 bits per heavy atom. The molecule has 3 aromatic rings. The zero-order valence-electron chi connectivity index (χ0n) is 20.3. The summed E-state index contributed by atoms with van der Waals surface area (Å²) in [5, 5.41) is 15.4. The fourth-order valence-corrected chi connectivity index (χ4v) is 4.07. The monoisotopic (exact) mass is 465 g/mol. The van der Waals surface area contributed by atoms with Crippen LogP contribution in [-0.2, 0) is 11.3 Å². The number of hydrogen-bond donors (Lipinski definition) is 1. The highest BCUT2D eigenvalue weighted by Gasteiger charge is 2.28. The molecule has 1 heterocycles. The third kappa shape index (κ3) is 6.17. The Kier molecular flexibility index (Phi) is 8.21. The fraction of sp³-hybridized carbons (Fsp3) is 0.444. The molecule has 7 nitrogen and oxygen atoms in total. The van der Waals surface area contributed by atoms with Gasteiger partial charge in [0.1, 0.15) is 0 Å². The Hall–Kier alpha value is -2.87. The number of ether oxygens (including phenoxy) is 3. The van der Waals surface area contributed by atoms with Crippen LogP contribution < -0.4 is 9.47 Å². The van der Waals surface area contributed by atoms with E-state index >= 15 is 0 Å². The average Bonchev–Trinajstić information content (AvgIpc) is 3.62. The Bertz CT molecular complexity index is 1050. The van der Waals surface area contributed by atoms with Gasteiger partial charge in [0.15, 0.2) is 11.5 Å². The van der Waals surface area contributed by atoms with Crippen molar-refractivity contribution in [2.45, 2.75) is 39.3 Å². The highest BCUT2D eigenvalue weighted by molar-refractivity contribution is 5.47. The molecule has 1 saturated carbocycles. The summed E-state index contributed by atoms with van der Waals surface area (Å²) in [6.45, 7) is 6.99. The van der Waals surface area contributed by atoms with Crippen molar-refractivity contribution in [3.63, 3.8) is 0 Å². The van der Waals surface area contributed by atoms with Crippen molar-refractivity contribution in [1.29, 1.82) is 0 Å². The lowest BCUT2D eigenvalue weighted by Gasteiger charge is -2.25. The first-order valence-corrected chi connectivity index (χ1v) is 12.0. The third-order valence-corrected chi connectivity index (χ3v) is 5.99. The Morgan fingerprint density at radius 1 is 1.09 bits per heavy atom. The molecular weight excluding hydrogens is 430 g/mol. The van der Waals surface area contributed by atoms with Gasteiger partial charge in [-0.2, -0.15) is 5.10 Å². The van der Waals surface area contributed by atoms with Crippen molar-refractivity contribution in [3.8, 4) is 23.1 Å². The van der Waals surface area contributed by atoms with Gasteiger partial charge in [0.25, 0.3) is 0 Å². The molecule has 1 atom stereocenters. The maximum absolute atomic E-state index is 10.6. The molecule has 34 heavy (non-hydrogen) atoms. The summed E-state index contributed by atoms with van der Waals surface area (Å²) in [7, 11) is 1.64. The molecule has 182 valence electrons. The van der Waals surface area contributed by atoms with Gasteiger partial charge in [-0.15, -0.1) is 0 Å². The van der Waals surface area contributed by atoms with Crippen LogP contribution in [0, 0.1) is 12.8 Å². The van der Waals surface area contributed by atoms with Crippen LogP contribution in [0.25, 0.3) is 5.69 Å². The van der Waals surface area contributed by atoms with Crippen LogP contribution in [0.15, 0.2) is 54.6 Å². The molecule has 0 aliphatic heterocycles. The summed E-state index contributed by atoms with van der Waals surface area (Å²) in [5.74, 6) is 2.64. The van der Waals surface area contributed by atoms with Gasteiger partial charge < -0.3 is 19.3 Å². The van der Waals surface area contributed by atoms with Gasteiger partial charge in [0.05, 0.1) is 36.8 Å². The zero-order valence-corrected chi connectivity index (χ0v) is 20.3. The molecule has 1 fully saturated rings. The number of rotatable bonds is 13. The van der Waals surface area contributed by atoms with Crippen molar-refractivity contribution in [2.75, 3.05) is 33.4 Å². The van der Waals surface area contributed by atoms with Crippen LogP contribution in [0.3, 0.4) is 0 Å². The Morgan fingerprint density at radius 3 is 2.47 bits per heavy atom. The summed E-state index contributed by atoms with van der Waals surface area (Å²) >= 11 is 0. The molecule has 0 spiro atoms. The third-order valence-electron chi connectivity index (χ3n) is 5.99. The lowest BCUT2D eigenvalue weighted by Crippen LogP contribution is -2.36. The largest absolute Gasteiger partial charge is 0.493 e. The number of methoxy groups -OCH3 is 1. The van der Waals surface area contributed by atoms with Crippen molar-refractivity contribution < 1.29 is 19.3 Å². The van der Waals surface area contributed by atoms with E-state index in [-0.39, 0.29) is 0 Å². The van der Waals surface area contributed by atoms with Crippen molar-refractivity contribution in [1.82, 2.24) is 14.7 Å². The van der Waals surface area contributed by atoms with Crippen molar-refractivity contribution in [2.24, 2.45) is 5.92 Å². The first kappa shape index (κ1) is 24.3. The van der Waals surface area contributed by atoms with Gasteiger partial charge in [0.2, 0.25) is 5.88 Å². The number of hydrogen-bond acceptors (Lipinski definition) is 6. The minimum atomic E-state index is -0.540. The van der Waals surface area contributed by atoms with Gasteiger partial charge in [-0.05, 0) is 56.9 Å². The standard InChI is InChI=1S/C27H35N3O4/c1-4-33-19-23(31)17-29(16-21-14-15-21)18-24-20(2)28-30(22-10-6-5-7-11-22)27(24)34-26-13-9-8-12-25(26)32-3/h5-13,21,23,31H,4,14-19H2,1-3H3. The van der Waals surface area contributed by atoms with Crippen LogP contribution in [0.2, 0.25) is 0 Å². The molecule has 0 saturated heterocycles. The van der Waals surface area contributed by atoms with E-state index < -0.39 is 6.10 Å². The van der Waals surface area contributed by atoms with Gasteiger partial charge in [-0.25, -0.2) is 4.68 Å². The second kappa shape index (κ2) is 11.5. The average molecular weight is 466 g/mol. The molecule has 1 N–H and O–H groups in total. The number of aromatic nitrogens is 2. The number of aliphatic hydroxyl groups is 1. The van der Waals surface area contributed by atoms with E-state index in [0.717, 1.165) is 23.5 Å². The molecular formula is C27H35N3O4. The molecule has 7 heteroatoms. The molecule has 1 aliphatic rings. The fourth-order valence-electron chi connectivity index (χ4n) is 4.07. The minimum Gasteiger partial charge on any atom is -0.493 e. The topological polar surface area (TPSA) is 69.0 Å². The quantitative estimate of drug-likeness (QED) is 0.398. The summed E-state index contributed by atoms with van der Waals surface area (Å²) in [5.41, 5.74) is 2.82. The number of para-hydroxylation sites is 3. The molecule has 1 aromatic heterocycles. The summed E-state index contributed by atoms with van der Waals surface area (Å²) in [6, 6.07) is 17.6. The van der Waals surface area contributed by atoms with Gasteiger partial charge in [-0.1, -0.05) is 30.3 Å². The van der Waals surface area contributed by atoms with Gasteiger partial charge in [-0.3, -0.25) is 4.90 Å². The maximum Gasteiger partial charge on any atom is 0.227 e. The first-order chi connectivity index (χ1) is 16.6. The molecule has 0 radical (unpaired) electrons. The lowest BCUT2D eigenvalue weighted by molar-refractivity contribution is 0.0186. The normalized spacial score (nSPS) is 14.4. The number of aryl methyl sites for hydroxylation is 1. The predicted octanol–water partition coefficient (Wildman–Crippen LogP) is 4.59. The highest BCUT2D eigenvalue weighted by Crippen LogP contribution is 2.37. The van der Waals surface area contributed by atoms with Gasteiger partial charge >= 0.3 is 0 Å². The predicted molar refractivity (Wildman–Crippen MR) is 132 cm³/mol. The SMILES string of the molecule is CCOCC(O)CN(Cc1c(C)nn(-c2ccccc2)c1Oc1ccccc1OC)CC1CC1. The molecule has 1 aliphatic carbocycles. The number of benzene rings is 2. The van der Waals surface area contributed by atoms with E-state index in [1.165, 1.54) is 12.8 Å². The summed E-state index contributed by atoms with van der Waals surface area (Å²) in [4.78, 5) is 2.30. The Balaban J connectivity index is 1.68. The van der Waals surface area contributed by atoms with Crippen LogP contribution in [0.1, 0.15) is 31.0 Å². The Labute approximate surface area is 201 Å². The van der Waals surface area contributed by atoms with Crippen LogP contribution >= 0.6 is 0 Å². The van der Waals surface area contributed by atoms with Gasteiger partial charge in [0, 0.05) is 26.2 Å². The van der Waals surface area contributed by atoms with Crippen LogP contribution in [-0.4, -0.2) is 59.3 Å². The minimum absolute atomic E-state index is 0.338. The smallest absolute Gasteiger partial charge is 0.227 e. The molecule has 1 unspecified atom stereocenters. The summed E-state index contributed by atoms with van der Waals surface area (Å²) in [6.07, 6.45) is 1.94. The summed E-state index contributed by atoms with van der Waals surface area (Å²) < 4.78 is 19.3. The lowest BCUT2D eigenvalue weighted by atomic mass is 10.2.